The third-order valence-corrected chi connectivity index (χ3v) is 6.91. The van der Waals surface area contributed by atoms with Crippen LogP contribution in [0, 0.1) is 5.82 Å². The van der Waals surface area contributed by atoms with Crippen molar-refractivity contribution in [2.24, 2.45) is 0 Å². The molecule has 0 unspecified atom stereocenters. The Morgan fingerprint density at radius 2 is 2.00 bits per heavy atom. The second kappa shape index (κ2) is 9.14. The van der Waals surface area contributed by atoms with Crippen LogP contribution >= 0.6 is 0 Å². The number of nitrogens with one attached hydrogen (secondary N) is 4. The van der Waals surface area contributed by atoms with E-state index >= 15 is 0 Å². The number of aromatic nitrogens is 6. The zero-order valence-electron chi connectivity index (χ0n) is 19.8. The standard InChI is InChI=1S/C25H23FN8O2S/c1-37(35,36)30-12-14-8-16(10-18(26)9-14)21-23-20(4-7-28-21)31-25(32-23)22-19-11-17(13-29-24(19)34-33-22)15-2-5-27-6-3-15/h2,4,7-11,13,27,30H,3,5-6,12H2,1H3,(H,31,32)(H,29,33,34). The highest BCUT2D eigenvalue weighted by atomic mass is 32.2. The van der Waals surface area contributed by atoms with Gasteiger partial charge in [-0.2, -0.15) is 5.10 Å². The number of nitrogens with zero attached hydrogens (tertiary/aromatic N) is 4. The van der Waals surface area contributed by atoms with Gasteiger partial charge in [-0.3, -0.25) is 10.1 Å². The Kier molecular flexibility index (Phi) is 5.78. The van der Waals surface area contributed by atoms with E-state index in [1.807, 2.05) is 6.20 Å². The minimum absolute atomic E-state index is 0.0352. The summed E-state index contributed by atoms with van der Waals surface area (Å²) in [7, 11) is -3.42. The summed E-state index contributed by atoms with van der Waals surface area (Å²) >= 11 is 0. The topological polar surface area (TPSA) is 141 Å². The zero-order chi connectivity index (χ0) is 25.6. The summed E-state index contributed by atoms with van der Waals surface area (Å²) in [5.41, 5.74) is 6.25. The molecule has 4 aromatic heterocycles. The third-order valence-electron chi connectivity index (χ3n) is 6.25. The average molecular weight is 519 g/mol. The number of pyridine rings is 2. The zero-order valence-corrected chi connectivity index (χ0v) is 20.7. The Hall–Kier alpha value is -4.00. The lowest BCUT2D eigenvalue weighted by atomic mass is 10.0. The molecule has 188 valence electrons. The van der Waals surface area contributed by atoms with Crippen molar-refractivity contribution in [3.05, 3.63) is 65.7 Å². The third kappa shape index (κ3) is 4.73. The highest BCUT2D eigenvalue weighted by Gasteiger charge is 2.18. The summed E-state index contributed by atoms with van der Waals surface area (Å²) in [6, 6.07) is 8.20. The Labute approximate surface area is 211 Å². The van der Waals surface area contributed by atoms with E-state index in [4.69, 9.17) is 4.98 Å². The maximum absolute atomic E-state index is 14.5. The molecule has 4 N–H and O–H groups in total. The molecule has 10 nitrogen and oxygen atoms in total. The molecular weight excluding hydrogens is 495 g/mol. The lowest BCUT2D eigenvalue weighted by Gasteiger charge is -2.13. The summed E-state index contributed by atoms with van der Waals surface area (Å²) in [4.78, 5) is 17.1. The molecule has 0 radical (unpaired) electrons. The molecule has 0 saturated carbocycles. The van der Waals surface area contributed by atoms with E-state index in [9.17, 15) is 12.8 Å². The molecule has 1 aliphatic rings. The molecule has 5 aromatic rings. The van der Waals surface area contributed by atoms with Gasteiger partial charge in [0.2, 0.25) is 10.0 Å². The first-order chi connectivity index (χ1) is 17.8. The van der Waals surface area contributed by atoms with Crippen molar-refractivity contribution in [3.8, 4) is 22.8 Å². The van der Waals surface area contributed by atoms with Gasteiger partial charge in [0.15, 0.2) is 11.5 Å². The van der Waals surface area contributed by atoms with Gasteiger partial charge in [-0.15, -0.1) is 0 Å². The fourth-order valence-electron chi connectivity index (χ4n) is 4.51. The number of H-pyrrole nitrogens is 2. The first kappa shape index (κ1) is 23.4. The van der Waals surface area contributed by atoms with E-state index in [0.717, 1.165) is 36.7 Å². The van der Waals surface area contributed by atoms with Crippen LogP contribution in [0.3, 0.4) is 0 Å². The number of halogens is 1. The number of benzene rings is 1. The van der Waals surface area contributed by atoms with Crippen molar-refractivity contribution in [1.29, 1.82) is 0 Å². The highest BCUT2D eigenvalue weighted by Crippen LogP contribution is 2.32. The Morgan fingerprint density at radius 3 is 2.81 bits per heavy atom. The van der Waals surface area contributed by atoms with E-state index in [2.05, 4.69) is 47.3 Å². The largest absolute Gasteiger partial charge is 0.336 e. The van der Waals surface area contributed by atoms with Crippen molar-refractivity contribution in [1.82, 2.24) is 40.2 Å². The van der Waals surface area contributed by atoms with Crippen molar-refractivity contribution < 1.29 is 12.8 Å². The molecule has 12 heteroatoms. The smallest absolute Gasteiger partial charge is 0.209 e. The van der Waals surface area contributed by atoms with Crippen molar-refractivity contribution >= 4 is 37.7 Å². The number of rotatable bonds is 6. The van der Waals surface area contributed by atoms with Gasteiger partial charge >= 0.3 is 0 Å². The van der Waals surface area contributed by atoms with Crippen LogP contribution in [0.2, 0.25) is 0 Å². The van der Waals surface area contributed by atoms with E-state index < -0.39 is 15.8 Å². The number of hydrogen-bond acceptors (Lipinski definition) is 7. The summed E-state index contributed by atoms with van der Waals surface area (Å²) in [5.74, 6) is 0.0330. The predicted octanol–water partition coefficient (Wildman–Crippen LogP) is 3.13. The normalized spacial score (nSPS) is 14.4. The van der Waals surface area contributed by atoms with Crippen molar-refractivity contribution in [3.63, 3.8) is 0 Å². The van der Waals surface area contributed by atoms with Gasteiger partial charge in [-0.05, 0) is 60.0 Å². The molecule has 37 heavy (non-hydrogen) atoms. The minimum atomic E-state index is -3.42. The highest BCUT2D eigenvalue weighted by molar-refractivity contribution is 7.88. The first-order valence-corrected chi connectivity index (χ1v) is 13.6. The maximum Gasteiger partial charge on any atom is 0.209 e. The van der Waals surface area contributed by atoms with E-state index in [1.165, 1.54) is 17.7 Å². The molecule has 0 bridgehead atoms. The molecule has 0 spiro atoms. The SMILES string of the molecule is CS(=O)(=O)NCc1cc(F)cc(-c2nccc3[nH]c(-c4n[nH]c5ncc(C6=CCNCC6)cc45)nc23)c1. The molecule has 6 rings (SSSR count). The van der Waals surface area contributed by atoms with E-state index in [-0.39, 0.29) is 6.54 Å². The second-order valence-corrected chi connectivity index (χ2v) is 10.8. The monoisotopic (exact) mass is 518 g/mol. The predicted molar refractivity (Wildman–Crippen MR) is 139 cm³/mol. The summed E-state index contributed by atoms with van der Waals surface area (Å²) in [5, 5.41) is 11.6. The molecule has 5 heterocycles. The molecule has 0 amide bonds. The van der Waals surface area contributed by atoms with Gasteiger partial charge in [0, 0.05) is 31.0 Å². The van der Waals surface area contributed by atoms with Gasteiger partial charge in [0.05, 0.1) is 22.9 Å². The summed E-state index contributed by atoms with van der Waals surface area (Å²) in [6.07, 6.45) is 7.62. The summed E-state index contributed by atoms with van der Waals surface area (Å²) in [6.45, 7) is 1.72. The van der Waals surface area contributed by atoms with Gasteiger partial charge in [0.1, 0.15) is 17.0 Å². The number of aromatic amines is 2. The van der Waals surface area contributed by atoms with Gasteiger partial charge in [-0.25, -0.2) is 27.5 Å². The Balaban J connectivity index is 1.42. The van der Waals surface area contributed by atoms with Crippen LogP contribution in [-0.2, 0) is 16.6 Å². The quantitative estimate of drug-likeness (QED) is 0.271. The first-order valence-electron chi connectivity index (χ1n) is 11.7. The summed E-state index contributed by atoms with van der Waals surface area (Å²) < 4.78 is 39.8. The Morgan fingerprint density at radius 1 is 1.11 bits per heavy atom. The lowest BCUT2D eigenvalue weighted by Crippen LogP contribution is -2.21. The van der Waals surface area contributed by atoms with E-state index in [1.54, 1.807) is 18.3 Å². The number of sulfonamides is 1. The van der Waals surface area contributed by atoms with Crippen LogP contribution in [0.1, 0.15) is 17.5 Å². The fourth-order valence-corrected chi connectivity index (χ4v) is 4.94. The van der Waals surface area contributed by atoms with Crippen molar-refractivity contribution in [2.45, 2.75) is 13.0 Å². The van der Waals surface area contributed by atoms with Crippen LogP contribution in [0.25, 0.3) is 50.4 Å². The maximum atomic E-state index is 14.5. The van der Waals surface area contributed by atoms with Gasteiger partial charge < -0.3 is 10.3 Å². The number of hydrogen-bond donors (Lipinski definition) is 4. The molecule has 0 atom stereocenters. The number of fused-ring (bicyclic) bond motifs is 2. The minimum Gasteiger partial charge on any atom is -0.336 e. The van der Waals surface area contributed by atoms with E-state index in [0.29, 0.717) is 45.0 Å². The van der Waals surface area contributed by atoms with Crippen LogP contribution in [0.15, 0.2) is 48.8 Å². The molecule has 0 aliphatic carbocycles. The van der Waals surface area contributed by atoms with Crippen molar-refractivity contribution in [2.75, 3.05) is 19.3 Å². The number of imidazole rings is 1. The molecule has 0 fully saturated rings. The molecule has 1 aromatic carbocycles. The lowest BCUT2D eigenvalue weighted by molar-refractivity contribution is 0.586. The fraction of sp³-hybridized carbons (Fsp3) is 0.200. The average Bonchev–Trinajstić information content (AvgIpc) is 3.51. The molecular formula is C25H23FN8O2S. The Bertz CT molecular complexity index is 1790. The van der Waals surface area contributed by atoms with Crippen LogP contribution in [0.4, 0.5) is 4.39 Å². The van der Waals surface area contributed by atoms with Gasteiger partial charge in [0.25, 0.3) is 0 Å². The molecule has 1 aliphatic heterocycles. The second-order valence-electron chi connectivity index (χ2n) is 8.96. The van der Waals surface area contributed by atoms with Crippen LogP contribution < -0.4 is 10.0 Å². The molecule has 0 saturated heterocycles. The van der Waals surface area contributed by atoms with Crippen LogP contribution in [-0.4, -0.2) is 57.9 Å². The van der Waals surface area contributed by atoms with Gasteiger partial charge in [-0.1, -0.05) is 6.08 Å². The van der Waals surface area contributed by atoms with Crippen LogP contribution in [0.5, 0.6) is 0 Å².